The van der Waals surface area contributed by atoms with E-state index in [-0.39, 0.29) is 0 Å². The topological polar surface area (TPSA) is 0 Å². The van der Waals surface area contributed by atoms with E-state index in [0.29, 0.717) is 9.74 Å². The van der Waals surface area contributed by atoms with Crippen LogP contribution in [0.15, 0.2) is 0 Å². The zero-order chi connectivity index (χ0) is 5.83. The molecule has 3 rings (SSSR count). The number of rotatable bonds is 0. The van der Waals surface area contributed by atoms with Crippen molar-refractivity contribution in [2.45, 2.75) is 23.6 Å². The molecular weight excluding hydrogens is 164 g/mol. The Labute approximate surface area is 57.8 Å². The van der Waals surface area contributed by atoms with Crippen molar-refractivity contribution in [3.8, 4) is 12.3 Å². The van der Waals surface area contributed by atoms with E-state index in [4.69, 9.17) is 6.42 Å². The third-order valence-corrected chi connectivity index (χ3v) is 3.11. The van der Waals surface area contributed by atoms with Crippen LogP contribution >= 0.6 is 15.9 Å². The first-order chi connectivity index (χ1) is 3.68. The summed E-state index contributed by atoms with van der Waals surface area (Å²) in [6.07, 6.45) is 8.95. The van der Waals surface area contributed by atoms with Crippen molar-refractivity contribution in [1.82, 2.24) is 0 Å². The van der Waals surface area contributed by atoms with Crippen molar-refractivity contribution in [2.75, 3.05) is 0 Å². The summed E-state index contributed by atoms with van der Waals surface area (Å²) in [6, 6.07) is 0. The standard InChI is InChI=1S/C7H7Br/c1-2-6-3-7(8,4-6)5-6/h1H,3-5H2. The maximum atomic E-state index is 5.29. The summed E-state index contributed by atoms with van der Waals surface area (Å²) in [5.74, 6) is 2.84. The minimum atomic E-state index is 0.351. The summed E-state index contributed by atoms with van der Waals surface area (Å²) >= 11 is 3.61. The van der Waals surface area contributed by atoms with Gasteiger partial charge in [-0.05, 0) is 19.3 Å². The molecule has 0 amide bonds. The second-order valence-corrected chi connectivity index (χ2v) is 4.79. The fraction of sp³-hybridized carbons (Fsp3) is 0.714. The molecule has 0 heterocycles. The van der Waals surface area contributed by atoms with E-state index in [9.17, 15) is 0 Å². The monoisotopic (exact) mass is 170 g/mol. The highest BCUT2D eigenvalue weighted by Gasteiger charge is 2.65. The Kier molecular flexibility index (Phi) is 0.608. The Morgan fingerprint density at radius 2 is 1.88 bits per heavy atom. The van der Waals surface area contributed by atoms with Crippen molar-refractivity contribution >= 4 is 15.9 Å². The third kappa shape index (κ3) is 0.347. The SMILES string of the molecule is C#CC12CC(Br)(C1)C2. The predicted octanol–water partition coefficient (Wildman–Crippen LogP) is 1.94. The van der Waals surface area contributed by atoms with Crippen LogP contribution in [0.5, 0.6) is 0 Å². The molecule has 0 aromatic heterocycles. The molecule has 0 nitrogen and oxygen atoms in total. The fourth-order valence-corrected chi connectivity index (χ4v) is 3.43. The van der Waals surface area contributed by atoms with E-state index in [0.717, 1.165) is 0 Å². The Bertz CT molecular complexity index is 156. The van der Waals surface area contributed by atoms with Gasteiger partial charge in [0.15, 0.2) is 0 Å². The number of hydrogen-bond donors (Lipinski definition) is 0. The molecule has 3 saturated carbocycles. The molecule has 42 valence electrons. The van der Waals surface area contributed by atoms with Crippen LogP contribution in [0.3, 0.4) is 0 Å². The number of alkyl halides is 1. The Balaban J connectivity index is 2.17. The van der Waals surface area contributed by atoms with Crippen LogP contribution in [0, 0.1) is 17.8 Å². The number of terminal acetylenes is 1. The number of hydrogen-bond acceptors (Lipinski definition) is 0. The molecule has 3 aliphatic carbocycles. The van der Waals surface area contributed by atoms with Gasteiger partial charge in [-0.25, -0.2) is 0 Å². The molecule has 2 bridgehead atoms. The van der Waals surface area contributed by atoms with Gasteiger partial charge >= 0.3 is 0 Å². The molecule has 0 saturated heterocycles. The van der Waals surface area contributed by atoms with Gasteiger partial charge in [0.25, 0.3) is 0 Å². The smallest absolute Gasteiger partial charge is 0.0352 e. The van der Waals surface area contributed by atoms with E-state index in [2.05, 4.69) is 21.9 Å². The van der Waals surface area contributed by atoms with E-state index in [1.165, 1.54) is 19.3 Å². The summed E-state index contributed by atoms with van der Waals surface area (Å²) in [7, 11) is 0. The molecule has 8 heavy (non-hydrogen) atoms. The molecule has 3 fully saturated rings. The largest absolute Gasteiger partial charge is 0.120 e. The second kappa shape index (κ2) is 0.998. The van der Waals surface area contributed by atoms with Gasteiger partial charge in [-0.1, -0.05) is 21.9 Å². The summed E-state index contributed by atoms with van der Waals surface area (Å²) < 4.78 is 0.499. The quantitative estimate of drug-likeness (QED) is 0.386. The third-order valence-electron chi connectivity index (χ3n) is 2.27. The van der Waals surface area contributed by atoms with Crippen molar-refractivity contribution < 1.29 is 0 Å². The van der Waals surface area contributed by atoms with Gasteiger partial charge < -0.3 is 0 Å². The van der Waals surface area contributed by atoms with E-state index in [1.54, 1.807) is 0 Å². The maximum absolute atomic E-state index is 5.29. The molecule has 0 N–H and O–H groups in total. The first kappa shape index (κ1) is 4.88. The van der Waals surface area contributed by atoms with Crippen LogP contribution < -0.4 is 0 Å². The maximum Gasteiger partial charge on any atom is 0.0352 e. The normalized spacial score (nSPS) is 58.0. The highest BCUT2D eigenvalue weighted by Crippen LogP contribution is 2.71. The molecule has 0 radical (unpaired) electrons. The van der Waals surface area contributed by atoms with Crippen molar-refractivity contribution in [1.29, 1.82) is 0 Å². The lowest BCUT2D eigenvalue weighted by Gasteiger charge is -2.65. The van der Waals surface area contributed by atoms with Crippen molar-refractivity contribution in [2.24, 2.45) is 5.41 Å². The minimum Gasteiger partial charge on any atom is -0.120 e. The lowest BCUT2D eigenvalue weighted by atomic mass is 9.45. The molecule has 0 atom stereocenters. The van der Waals surface area contributed by atoms with E-state index < -0.39 is 0 Å². The van der Waals surface area contributed by atoms with Crippen LogP contribution in [0.2, 0.25) is 0 Å². The molecule has 0 spiro atoms. The first-order valence-electron chi connectivity index (χ1n) is 2.85. The zero-order valence-corrected chi connectivity index (χ0v) is 6.16. The minimum absolute atomic E-state index is 0.351. The summed E-state index contributed by atoms with van der Waals surface area (Å²) in [5.41, 5.74) is 0.351. The van der Waals surface area contributed by atoms with Gasteiger partial charge in [-0.2, -0.15) is 0 Å². The van der Waals surface area contributed by atoms with Crippen LogP contribution in [0.25, 0.3) is 0 Å². The van der Waals surface area contributed by atoms with Gasteiger partial charge in [-0.3, -0.25) is 0 Å². The Hall–Kier alpha value is 0.0400. The Morgan fingerprint density at radius 3 is 2.00 bits per heavy atom. The first-order valence-corrected chi connectivity index (χ1v) is 3.64. The fourth-order valence-electron chi connectivity index (χ4n) is 1.82. The number of halogens is 1. The highest BCUT2D eigenvalue weighted by molar-refractivity contribution is 9.10. The highest BCUT2D eigenvalue weighted by atomic mass is 79.9. The van der Waals surface area contributed by atoms with Crippen LogP contribution in [-0.2, 0) is 0 Å². The van der Waals surface area contributed by atoms with Crippen LogP contribution in [0.4, 0.5) is 0 Å². The molecular formula is C7H7Br. The molecule has 0 aromatic rings. The second-order valence-electron chi connectivity index (χ2n) is 3.11. The summed E-state index contributed by atoms with van der Waals surface area (Å²) in [4.78, 5) is 0. The van der Waals surface area contributed by atoms with E-state index in [1.807, 2.05) is 0 Å². The molecule has 0 unspecified atom stereocenters. The van der Waals surface area contributed by atoms with Crippen LogP contribution in [0.1, 0.15) is 19.3 Å². The van der Waals surface area contributed by atoms with Gasteiger partial charge in [0.05, 0.1) is 0 Å². The lowest BCUT2D eigenvalue weighted by molar-refractivity contribution is -0.0101. The van der Waals surface area contributed by atoms with E-state index >= 15 is 0 Å². The molecule has 1 heteroatoms. The van der Waals surface area contributed by atoms with Gasteiger partial charge in [-0.15, -0.1) is 6.42 Å². The van der Waals surface area contributed by atoms with Gasteiger partial charge in [0.1, 0.15) is 0 Å². The van der Waals surface area contributed by atoms with Gasteiger partial charge in [0, 0.05) is 9.74 Å². The van der Waals surface area contributed by atoms with Gasteiger partial charge in [0.2, 0.25) is 0 Å². The average Bonchev–Trinajstić information content (AvgIpc) is 1.55. The lowest BCUT2D eigenvalue weighted by Crippen LogP contribution is -2.62. The summed E-state index contributed by atoms with van der Waals surface area (Å²) in [5, 5.41) is 0. The zero-order valence-electron chi connectivity index (χ0n) is 4.58. The molecule has 0 aromatic carbocycles. The Morgan fingerprint density at radius 1 is 1.38 bits per heavy atom. The summed E-state index contributed by atoms with van der Waals surface area (Å²) in [6.45, 7) is 0. The molecule has 0 aliphatic heterocycles. The van der Waals surface area contributed by atoms with Crippen molar-refractivity contribution in [3.63, 3.8) is 0 Å². The predicted molar refractivity (Wildman–Crippen MR) is 36.8 cm³/mol. The van der Waals surface area contributed by atoms with Crippen LogP contribution in [-0.4, -0.2) is 4.32 Å². The average molecular weight is 171 g/mol. The molecule has 3 aliphatic rings. The van der Waals surface area contributed by atoms with Crippen molar-refractivity contribution in [3.05, 3.63) is 0 Å².